The van der Waals surface area contributed by atoms with E-state index in [2.05, 4.69) is 25.0 Å². The minimum absolute atomic E-state index is 0.0209. The average molecular weight is 560 g/mol. The molecule has 1 amide bonds. The Morgan fingerprint density at radius 2 is 1.82 bits per heavy atom. The van der Waals surface area contributed by atoms with Crippen LogP contribution in [-0.4, -0.2) is 41.6 Å². The predicted molar refractivity (Wildman–Crippen MR) is 130 cm³/mol. The summed E-state index contributed by atoms with van der Waals surface area (Å²) in [6.07, 6.45) is -2.43. The molecule has 0 aliphatic heterocycles. The van der Waals surface area contributed by atoms with E-state index in [1.807, 2.05) is 0 Å². The van der Waals surface area contributed by atoms with Crippen LogP contribution in [0.5, 0.6) is 5.88 Å². The SMILES string of the molecule is O=C(NCc1cc2nc(-c3cccc(OC(F)(F)F)n3)ccc2cn1)c1ccc2occ(S(=O)(=O)CF)c2c1. The number of carbonyl (C=O) groups is 1. The number of benzene rings is 1. The molecule has 14 heteroatoms. The molecule has 0 spiro atoms. The lowest BCUT2D eigenvalue weighted by Gasteiger charge is -2.09. The fourth-order valence-corrected chi connectivity index (χ4v) is 4.56. The maximum Gasteiger partial charge on any atom is 0.574 e. The number of hydrogen-bond donors (Lipinski definition) is 1. The lowest BCUT2D eigenvalue weighted by molar-refractivity contribution is -0.276. The maximum absolute atomic E-state index is 13.0. The number of fused-ring (bicyclic) bond motifs is 2. The Balaban J connectivity index is 1.35. The number of hydrogen-bond acceptors (Lipinski definition) is 8. The third-order valence-corrected chi connectivity index (χ3v) is 6.82. The van der Waals surface area contributed by atoms with E-state index in [4.69, 9.17) is 4.42 Å². The number of nitrogens with zero attached hydrogens (tertiary/aromatic N) is 3. The van der Waals surface area contributed by atoms with E-state index in [9.17, 15) is 30.8 Å². The summed E-state index contributed by atoms with van der Waals surface area (Å²) in [6, 6.07) is 11.3. The second kappa shape index (κ2) is 9.94. The minimum Gasteiger partial charge on any atom is -0.463 e. The van der Waals surface area contributed by atoms with Gasteiger partial charge in [0.2, 0.25) is 15.7 Å². The van der Waals surface area contributed by atoms with E-state index >= 15 is 0 Å². The van der Waals surface area contributed by atoms with Crippen LogP contribution in [0.1, 0.15) is 16.1 Å². The van der Waals surface area contributed by atoms with Crippen molar-refractivity contribution < 1.29 is 39.9 Å². The molecule has 0 radical (unpaired) electrons. The first-order chi connectivity index (χ1) is 18.5. The molecule has 0 saturated heterocycles. The number of amides is 1. The zero-order valence-corrected chi connectivity index (χ0v) is 20.4. The number of aromatic nitrogens is 3. The molecule has 0 fully saturated rings. The smallest absolute Gasteiger partial charge is 0.463 e. The maximum atomic E-state index is 13.0. The van der Waals surface area contributed by atoms with Crippen molar-refractivity contribution in [3.8, 4) is 17.3 Å². The van der Waals surface area contributed by atoms with Gasteiger partial charge in [-0.3, -0.25) is 9.78 Å². The summed E-state index contributed by atoms with van der Waals surface area (Å²) in [6.45, 7) is -0.0209. The predicted octanol–water partition coefficient (Wildman–Crippen LogP) is 4.97. The Bertz CT molecular complexity index is 1820. The fourth-order valence-electron chi connectivity index (χ4n) is 3.75. The van der Waals surface area contributed by atoms with Crippen LogP contribution in [0.4, 0.5) is 17.6 Å². The summed E-state index contributed by atoms with van der Waals surface area (Å²) in [7, 11) is -4.20. The molecule has 9 nitrogen and oxygen atoms in total. The van der Waals surface area contributed by atoms with E-state index in [0.29, 0.717) is 22.3 Å². The van der Waals surface area contributed by atoms with Gasteiger partial charge in [0, 0.05) is 28.6 Å². The largest absolute Gasteiger partial charge is 0.574 e. The normalized spacial score (nSPS) is 12.1. The molecule has 0 saturated carbocycles. The molecule has 1 N–H and O–H groups in total. The molecule has 5 rings (SSSR count). The highest BCUT2D eigenvalue weighted by atomic mass is 32.2. The van der Waals surface area contributed by atoms with E-state index < -0.39 is 34.0 Å². The number of ether oxygens (including phenoxy) is 1. The van der Waals surface area contributed by atoms with Crippen molar-refractivity contribution in [1.29, 1.82) is 0 Å². The van der Waals surface area contributed by atoms with Gasteiger partial charge in [0.15, 0.2) is 6.01 Å². The molecular formula is C25H16F4N4O5S. The second-order valence-electron chi connectivity index (χ2n) is 8.19. The summed E-state index contributed by atoms with van der Waals surface area (Å²) in [4.78, 5) is 25.0. The van der Waals surface area contributed by atoms with Crippen molar-refractivity contribution in [2.45, 2.75) is 17.8 Å². The summed E-state index contributed by atoms with van der Waals surface area (Å²) in [5, 5.41) is 3.39. The molecule has 4 aromatic heterocycles. The molecule has 5 aromatic rings. The van der Waals surface area contributed by atoms with Crippen LogP contribution in [0, 0.1) is 0 Å². The summed E-state index contributed by atoms with van der Waals surface area (Å²) >= 11 is 0. The Hall–Kier alpha value is -4.59. The highest BCUT2D eigenvalue weighted by Crippen LogP contribution is 2.28. The molecule has 4 heterocycles. The van der Waals surface area contributed by atoms with Gasteiger partial charge in [-0.15, -0.1) is 13.2 Å². The first-order valence-corrected chi connectivity index (χ1v) is 12.7. The third-order valence-electron chi connectivity index (χ3n) is 5.55. The fraction of sp³-hybridized carbons (Fsp3) is 0.120. The first-order valence-electron chi connectivity index (χ1n) is 11.1. The monoisotopic (exact) mass is 560 g/mol. The molecule has 0 aliphatic carbocycles. The number of sulfone groups is 1. The zero-order valence-electron chi connectivity index (χ0n) is 19.6. The van der Waals surface area contributed by atoms with E-state index in [0.717, 1.165) is 12.3 Å². The van der Waals surface area contributed by atoms with Gasteiger partial charge in [-0.25, -0.2) is 22.8 Å². The molecule has 0 bridgehead atoms. The van der Waals surface area contributed by atoms with Crippen LogP contribution < -0.4 is 10.1 Å². The van der Waals surface area contributed by atoms with E-state index in [-0.39, 0.29) is 33.7 Å². The van der Waals surface area contributed by atoms with Crippen molar-refractivity contribution in [2.75, 3.05) is 6.01 Å². The second-order valence-corrected chi connectivity index (χ2v) is 10.1. The lowest BCUT2D eigenvalue weighted by atomic mass is 10.1. The van der Waals surface area contributed by atoms with Crippen LogP contribution in [-0.2, 0) is 16.4 Å². The van der Waals surface area contributed by atoms with Crippen LogP contribution >= 0.6 is 0 Å². The third kappa shape index (κ3) is 5.65. The Labute approximate surface area is 217 Å². The van der Waals surface area contributed by atoms with Crippen molar-refractivity contribution >= 4 is 37.6 Å². The Morgan fingerprint density at radius 1 is 1.03 bits per heavy atom. The standard InChI is InChI=1S/C25H16F4N4O5S/c26-13-39(35,36)22-12-37-21-7-5-14(8-17(21)22)24(34)31-11-16-9-20-15(10-30-16)4-6-19(32-20)18-2-1-3-23(33-18)38-25(27,28)29/h1-10,12H,11,13H2,(H,31,34). The Morgan fingerprint density at radius 3 is 2.59 bits per heavy atom. The molecule has 0 aliphatic rings. The Kier molecular flexibility index (Phi) is 6.64. The molecule has 0 atom stereocenters. The minimum atomic E-state index is -4.88. The number of nitrogens with one attached hydrogen (secondary N) is 1. The van der Waals surface area contributed by atoms with Gasteiger partial charge < -0.3 is 14.5 Å². The van der Waals surface area contributed by atoms with Crippen molar-refractivity contribution in [3.63, 3.8) is 0 Å². The van der Waals surface area contributed by atoms with Gasteiger partial charge in [0.05, 0.1) is 29.1 Å². The summed E-state index contributed by atoms with van der Waals surface area (Å²) < 4.78 is 83.5. The van der Waals surface area contributed by atoms with Gasteiger partial charge in [-0.1, -0.05) is 6.07 Å². The van der Waals surface area contributed by atoms with Crippen LogP contribution in [0.25, 0.3) is 33.3 Å². The van der Waals surface area contributed by atoms with Crippen LogP contribution in [0.3, 0.4) is 0 Å². The van der Waals surface area contributed by atoms with Gasteiger partial charge in [0.1, 0.15) is 16.7 Å². The zero-order chi connectivity index (χ0) is 27.8. The summed E-state index contributed by atoms with van der Waals surface area (Å²) in [5.74, 6) is -1.17. The quantitative estimate of drug-likeness (QED) is 0.277. The van der Waals surface area contributed by atoms with Gasteiger partial charge in [0.25, 0.3) is 5.91 Å². The summed E-state index contributed by atoms with van der Waals surface area (Å²) in [5.41, 5.74) is 1.64. The highest BCUT2D eigenvalue weighted by Gasteiger charge is 2.31. The van der Waals surface area contributed by atoms with Crippen molar-refractivity contribution in [2.24, 2.45) is 0 Å². The molecule has 39 heavy (non-hydrogen) atoms. The topological polar surface area (TPSA) is 124 Å². The first kappa shape index (κ1) is 26.0. The molecular weight excluding hydrogens is 544 g/mol. The number of furan rings is 1. The van der Waals surface area contributed by atoms with Crippen LogP contribution in [0.15, 0.2) is 76.4 Å². The van der Waals surface area contributed by atoms with Gasteiger partial charge in [-0.2, -0.15) is 0 Å². The number of rotatable bonds is 7. The lowest BCUT2D eigenvalue weighted by Crippen LogP contribution is -2.23. The number of carbonyl (C=O) groups excluding carboxylic acids is 1. The van der Waals surface area contributed by atoms with Crippen LogP contribution in [0.2, 0.25) is 0 Å². The molecule has 1 aromatic carbocycles. The van der Waals surface area contributed by atoms with Gasteiger partial charge in [-0.05, 0) is 42.5 Å². The highest BCUT2D eigenvalue weighted by molar-refractivity contribution is 7.91. The van der Waals surface area contributed by atoms with E-state index in [1.54, 1.807) is 18.2 Å². The average Bonchev–Trinajstić information content (AvgIpc) is 3.35. The van der Waals surface area contributed by atoms with Crippen molar-refractivity contribution in [3.05, 3.63) is 78.3 Å². The van der Waals surface area contributed by atoms with Crippen molar-refractivity contribution in [1.82, 2.24) is 20.3 Å². The molecule has 200 valence electrons. The number of pyridine rings is 3. The van der Waals surface area contributed by atoms with Gasteiger partial charge >= 0.3 is 6.36 Å². The number of halogens is 4. The molecule has 0 unspecified atom stereocenters. The van der Waals surface area contributed by atoms with E-state index in [1.165, 1.54) is 36.5 Å². The number of alkyl halides is 4.